The van der Waals surface area contributed by atoms with Crippen LogP contribution in [0.4, 0.5) is 0 Å². The highest BCUT2D eigenvalue weighted by Crippen LogP contribution is 2.28. The molecule has 1 heterocycles. The fraction of sp³-hybridized carbons (Fsp3) is 0.300. The van der Waals surface area contributed by atoms with Gasteiger partial charge in [0.1, 0.15) is 0 Å². The lowest BCUT2D eigenvalue weighted by atomic mass is 10.2. The number of carbonyl (C=O) groups excluding carboxylic acids is 2. The van der Waals surface area contributed by atoms with E-state index in [0.29, 0.717) is 35.9 Å². The van der Waals surface area contributed by atoms with Gasteiger partial charge in [-0.2, -0.15) is 0 Å². The summed E-state index contributed by atoms with van der Waals surface area (Å²) in [6, 6.07) is 9.00. The molecule has 0 radical (unpaired) electrons. The lowest BCUT2D eigenvalue weighted by Crippen LogP contribution is -2.24. The van der Waals surface area contributed by atoms with Crippen LogP contribution in [0.3, 0.4) is 0 Å². The Morgan fingerprint density at radius 3 is 2.78 bits per heavy atom. The number of carbonyl (C=O) groups is 2. The van der Waals surface area contributed by atoms with Crippen LogP contribution in [0.1, 0.15) is 28.6 Å². The minimum absolute atomic E-state index is 0.110. The lowest BCUT2D eigenvalue weighted by molar-refractivity contribution is -0.137. The highest BCUT2D eigenvalue weighted by molar-refractivity contribution is 7.12. The number of methoxy groups -OCH3 is 1. The molecule has 2 rings (SSSR count). The van der Waals surface area contributed by atoms with Gasteiger partial charge in [0.2, 0.25) is 0 Å². The van der Waals surface area contributed by atoms with Crippen LogP contribution in [0.2, 0.25) is 0 Å². The Morgan fingerprint density at radius 2 is 2.07 bits per heavy atom. The molecule has 0 aliphatic rings. The number of thiophene rings is 1. The molecule has 0 atom stereocenters. The first-order valence-electron chi connectivity index (χ1n) is 8.61. The van der Waals surface area contributed by atoms with E-state index in [2.05, 4.69) is 5.32 Å². The van der Waals surface area contributed by atoms with Gasteiger partial charge in [0.15, 0.2) is 11.5 Å². The first kappa shape index (κ1) is 20.5. The molecule has 1 N–H and O–H groups in total. The normalized spacial score (nSPS) is 10.6. The fourth-order valence-corrected chi connectivity index (χ4v) is 2.86. The van der Waals surface area contributed by atoms with Crippen LogP contribution in [0.5, 0.6) is 11.5 Å². The first-order chi connectivity index (χ1) is 13.1. The Hall–Kier alpha value is -2.80. The van der Waals surface area contributed by atoms with Crippen molar-refractivity contribution >= 4 is 29.3 Å². The number of amides is 1. The molecule has 0 bridgehead atoms. The summed E-state index contributed by atoms with van der Waals surface area (Å²) in [7, 11) is 1.57. The topological polar surface area (TPSA) is 73.9 Å². The molecule has 0 aliphatic carbocycles. The van der Waals surface area contributed by atoms with E-state index in [1.54, 1.807) is 31.4 Å². The summed E-state index contributed by atoms with van der Waals surface area (Å²) >= 11 is 1.39. The molecule has 0 saturated heterocycles. The standard InChI is InChI=1S/C20H23NO5S/c1-3-25-16-9-7-15(14-17(16)24-2)8-10-19(22)26-12-5-11-21-20(23)18-6-4-13-27-18/h4,6-10,13-14H,3,5,11-12H2,1-2H3,(H,21,23)/b10-8+. The van der Waals surface area contributed by atoms with E-state index in [4.69, 9.17) is 14.2 Å². The van der Waals surface area contributed by atoms with Crippen molar-refractivity contribution in [3.8, 4) is 11.5 Å². The van der Waals surface area contributed by atoms with Crippen molar-refractivity contribution in [3.63, 3.8) is 0 Å². The molecule has 27 heavy (non-hydrogen) atoms. The third-order valence-corrected chi connectivity index (χ3v) is 4.36. The third kappa shape index (κ3) is 6.79. The molecule has 0 fully saturated rings. The van der Waals surface area contributed by atoms with Crippen LogP contribution < -0.4 is 14.8 Å². The minimum atomic E-state index is -0.438. The van der Waals surface area contributed by atoms with Crippen molar-refractivity contribution in [2.45, 2.75) is 13.3 Å². The van der Waals surface area contributed by atoms with Crippen molar-refractivity contribution in [1.29, 1.82) is 0 Å². The number of esters is 1. The van der Waals surface area contributed by atoms with Crippen molar-refractivity contribution in [2.24, 2.45) is 0 Å². The maximum Gasteiger partial charge on any atom is 0.330 e. The zero-order valence-electron chi connectivity index (χ0n) is 15.4. The van der Waals surface area contributed by atoms with Gasteiger partial charge in [-0.25, -0.2) is 4.79 Å². The smallest absolute Gasteiger partial charge is 0.330 e. The summed E-state index contributed by atoms with van der Waals surface area (Å²) < 4.78 is 15.9. The van der Waals surface area contributed by atoms with Crippen LogP contribution >= 0.6 is 11.3 Å². The fourth-order valence-electron chi connectivity index (χ4n) is 2.22. The van der Waals surface area contributed by atoms with Crippen molar-refractivity contribution in [3.05, 3.63) is 52.2 Å². The van der Waals surface area contributed by atoms with Gasteiger partial charge < -0.3 is 19.5 Å². The van der Waals surface area contributed by atoms with E-state index < -0.39 is 5.97 Å². The van der Waals surface area contributed by atoms with E-state index in [0.717, 1.165) is 5.56 Å². The quantitative estimate of drug-likeness (QED) is 0.382. The largest absolute Gasteiger partial charge is 0.493 e. The molecule has 2 aromatic rings. The molecule has 1 amide bonds. The van der Waals surface area contributed by atoms with Crippen molar-refractivity contribution < 1.29 is 23.8 Å². The monoisotopic (exact) mass is 389 g/mol. The Balaban J connectivity index is 1.71. The van der Waals surface area contributed by atoms with Crippen LogP contribution in [-0.4, -0.2) is 38.7 Å². The second-order valence-electron chi connectivity index (χ2n) is 5.43. The van der Waals surface area contributed by atoms with Crippen molar-refractivity contribution in [1.82, 2.24) is 5.32 Å². The minimum Gasteiger partial charge on any atom is -0.493 e. The SMILES string of the molecule is CCOc1ccc(/C=C/C(=O)OCCCNC(=O)c2cccs2)cc1OC. The van der Waals surface area contributed by atoms with Crippen LogP contribution in [0.15, 0.2) is 41.8 Å². The van der Waals surface area contributed by atoms with Crippen LogP contribution in [0.25, 0.3) is 6.08 Å². The van der Waals surface area contributed by atoms with E-state index in [1.165, 1.54) is 17.4 Å². The zero-order valence-corrected chi connectivity index (χ0v) is 16.2. The average molecular weight is 389 g/mol. The Morgan fingerprint density at radius 1 is 1.22 bits per heavy atom. The Kier molecular flexibility index (Phi) is 8.38. The molecular weight excluding hydrogens is 366 g/mol. The number of ether oxygens (including phenoxy) is 3. The first-order valence-corrected chi connectivity index (χ1v) is 9.49. The third-order valence-electron chi connectivity index (χ3n) is 3.50. The number of rotatable bonds is 10. The molecule has 7 heteroatoms. The highest BCUT2D eigenvalue weighted by atomic mass is 32.1. The van der Waals surface area contributed by atoms with Gasteiger partial charge in [-0.1, -0.05) is 12.1 Å². The summed E-state index contributed by atoms with van der Waals surface area (Å²) in [6.07, 6.45) is 3.56. The van der Waals surface area contributed by atoms with Gasteiger partial charge in [-0.15, -0.1) is 11.3 Å². The summed E-state index contributed by atoms with van der Waals surface area (Å²) in [6.45, 7) is 3.13. The number of hydrogen-bond acceptors (Lipinski definition) is 6. The molecule has 6 nitrogen and oxygen atoms in total. The predicted molar refractivity (Wildman–Crippen MR) is 105 cm³/mol. The number of benzene rings is 1. The number of nitrogens with one attached hydrogen (secondary N) is 1. The summed E-state index contributed by atoms with van der Waals surface area (Å²) in [5.74, 6) is 0.714. The summed E-state index contributed by atoms with van der Waals surface area (Å²) in [5, 5.41) is 4.63. The highest BCUT2D eigenvalue weighted by Gasteiger charge is 2.06. The van der Waals surface area contributed by atoms with Gasteiger partial charge in [-0.3, -0.25) is 4.79 Å². The van der Waals surface area contributed by atoms with Crippen molar-refractivity contribution in [2.75, 3.05) is 26.9 Å². The number of hydrogen-bond donors (Lipinski definition) is 1. The van der Waals surface area contributed by atoms with E-state index in [9.17, 15) is 9.59 Å². The molecular formula is C20H23NO5S. The van der Waals surface area contributed by atoms with E-state index in [-0.39, 0.29) is 12.5 Å². The molecule has 1 aromatic heterocycles. The molecule has 0 saturated carbocycles. The van der Waals surface area contributed by atoms with Gasteiger partial charge in [0.05, 0.1) is 25.2 Å². The maximum atomic E-state index is 11.8. The van der Waals surface area contributed by atoms with Gasteiger partial charge in [0.25, 0.3) is 5.91 Å². The van der Waals surface area contributed by atoms with Gasteiger partial charge >= 0.3 is 5.97 Å². The Labute approximate surface area is 162 Å². The second kappa shape index (κ2) is 11.0. The zero-order chi connectivity index (χ0) is 19.5. The molecule has 0 spiro atoms. The van der Waals surface area contributed by atoms with Gasteiger partial charge in [-0.05, 0) is 48.6 Å². The van der Waals surface area contributed by atoms with Crippen LogP contribution in [-0.2, 0) is 9.53 Å². The summed E-state index contributed by atoms with van der Waals surface area (Å²) in [4.78, 5) is 24.2. The molecule has 144 valence electrons. The van der Waals surface area contributed by atoms with E-state index >= 15 is 0 Å². The second-order valence-corrected chi connectivity index (χ2v) is 6.38. The molecule has 0 aliphatic heterocycles. The van der Waals surface area contributed by atoms with Gasteiger partial charge in [0, 0.05) is 12.6 Å². The predicted octanol–water partition coefficient (Wildman–Crippen LogP) is 3.53. The maximum absolute atomic E-state index is 11.8. The lowest BCUT2D eigenvalue weighted by Gasteiger charge is -2.09. The van der Waals surface area contributed by atoms with E-state index in [1.807, 2.05) is 24.4 Å². The Bertz CT molecular complexity index is 771. The molecule has 0 unspecified atom stereocenters. The summed E-state index contributed by atoms with van der Waals surface area (Å²) in [5.41, 5.74) is 0.801. The average Bonchev–Trinajstić information content (AvgIpc) is 3.22. The van der Waals surface area contributed by atoms with Crippen LogP contribution in [0, 0.1) is 0 Å². The molecule has 1 aromatic carbocycles.